The Morgan fingerprint density at radius 1 is 1.50 bits per heavy atom. The molecule has 1 aromatic carbocycles. The molecule has 1 atom stereocenters. The zero-order chi connectivity index (χ0) is 10.6. The van der Waals surface area contributed by atoms with Crippen molar-refractivity contribution in [1.82, 2.24) is 5.32 Å². The van der Waals surface area contributed by atoms with Gasteiger partial charge in [0.2, 0.25) is 0 Å². The fourth-order valence-corrected chi connectivity index (χ4v) is 1.45. The first kappa shape index (κ1) is 10.9. The molecule has 1 rings (SSSR count). The summed E-state index contributed by atoms with van der Waals surface area (Å²) in [5.74, 6) is 0.163. The van der Waals surface area contributed by atoms with Gasteiger partial charge in [-0.1, -0.05) is 30.7 Å². The molecule has 0 amide bonds. The lowest BCUT2D eigenvalue weighted by Crippen LogP contribution is -2.33. The van der Waals surface area contributed by atoms with Crippen LogP contribution in [-0.4, -0.2) is 18.4 Å². The van der Waals surface area contributed by atoms with E-state index in [1.165, 1.54) is 0 Å². The summed E-state index contributed by atoms with van der Waals surface area (Å²) in [5, 5.41) is 3.11. The Kier molecular flexibility index (Phi) is 3.84. The smallest absolute Gasteiger partial charge is 0.179 e. The summed E-state index contributed by atoms with van der Waals surface area (Å²) in [6, 6.07) is 7.61. The third-order valence-corrected chi connectivity index (χ3v) is 2.21. The molecule has 14 heavy (non-hydrogen) atoms. The third-order valence-electron chi connectivity index (χ3n) is 2.21. The summed E-state index contributed by atoms with van der Waals surface area (Å²) in [6.45, 7) is 6.71. The van der Waals surface area contributed by atoms with Gasteiger partial charge in [-0.15, -0.1) is 0 Å². The lowest BCUT2D eigenvalue weighted by molar-refractivity contribution is 0.0952. The van der Waals surface area contributed by atoms with Gasteiger partial charge in [-0.2, -0.15) is 0 Å². The summed E-state index contributed by atoms with van der Waals surface area (Å²) >= 11 is 0. The first-order valence-corrected chi connectivity index (χ1v) is 4.99. The van der Waals surface area contributed by atoms with Crippen molar-refractivity contribution < 1.29 is 4.79 Å². The molecule has 0 heterocycles. The van der Waals surface area contributed by atoms with Crippen molar-refractivity contribution in [2.75, 3.05) is 6.54 Å². The molecule has 0 aliphatic rings. The molecule has 0 radical (unpaired) electrons. The van der Waals surface area contributed by atoms with Gasteiger partial charge in [0.15, 0.2) is 5.78 Å². The van der Waals surface area contributed by atoms with Crippen LogP contribution in [0.3, 0.4) is 0 Å². The van der Waals surface area contributed by atoms with Gasteiger partial charge < -0.3 is 5.32 Å². The fourth-order valence-electron chi connectivity index (χ4n) is 1.45. The number of benzene rings is 1. The van der Waals surface area contributed by atoms with Crippen molar-refractivity contribution in [3.8, 4) is 0 Å². The van der Waals surface area contributed by atoms with Crippen LogP contribution in [0.5, 0.6) is 0 Å². The van der Waals surface area contributed by atoms with Gasteiger partial charge in [0.1, 0.15) is 0 Å². The number of carbonyl (C=O) groups is 1. The number of aryl methyl sites for hydroxylation is 1. The maximum absolute atomic E-state index is 11.8. The second-order valence-corrected chi connectivity index (χ2v) is 3.51. The number of carbonyl (C=O) groups excluding carboxylic acids is 1. The summed E-state index contributed by atoms with van der Waals surface area (Å²) < 4.78 is 0. The molecular formula is C12H17NO. The lowest BCUT2D eigenvalue weighted by atomic mass is 10.0. The maximum Gasteiger partial charge on any atom is 0.179 e. The zero-order valence-electron chi connectivity index (χ0n) is 9.00. The molecule has 2 nitrogen and oxygen atoms in total. The Bertz CT molecular complexity index is 320. The van der Waals surface area contributed by atoms with Crippen LogP contribution in [0.2, 0.25) is 0 Å². The SMILES string of the molecule is CCN[C@@H](C)C(=O)c1cccc(C)c1. The van der Waals surface area contributed by atoms with E-state index in [0.717, 1.165) is 17.7 Å². The highest BCUT2D eigenvalue weighted by molar-refractivity contribution is 5.99. The minimum atomic E-state index is -0.0956. The highest BCUT2D eigenvalue weighted by Gasteiger charge is 2.13. The second-order valence-electron chi connectivity index (χ2n) is 3.51. The molecule has 2 heteroatoms. The van der Waals surface area contributed by atoms with Gasteiger partial charge in [0, 0.05) is 5.56 Å². The van der Waals surface area contributed by atoms with E-state index < -0.39 is 0 Å². The topological polar surface area (TPSA) is 29.1 Å². The van der Waals surface area contributed by atoms with Crippen LogP contribution < -0.4 is 5.32 Å². The average Bonchev–Trinajstić information content (AvgIpc) is 2.17. The Labute approximate surface area is 85.3 Å². The van der Waals surface area contributed by atoms with Crippen LogP contribution in [0.25, 0.3) is 0 Å². The van der Waals surface area contributed by atoms with Gasteiger partial charge in [-0.3, -0.25) is 4.79 Å². The van der Waals surface area contributed by atoms with Gasteiger partial charge in [0.05, 0.1) is 6.04 Å². The molecule has 1 N–H and O–H groups in total. The largest absolute Gasteiger partial charge is 0.308 e. The van der Waals surface area contributed by atoms with Crippen molar-refractivity contribution in [1.29, 1.82) is 0 Å². The molecule has 0 aromatic heterocycles. The Balaban J connectivity index is 2.78. The fraction of sp³-hybridized carbons (Fsp3) is 0.417. The normalized spacial score (nSPS) is 12.5. The molecule has 76 valence electrons. The molecule has 1 aromatic rings. The van der Waals surface area contributed by atoms with Crippen molar-refractivity contribution in [2.45, 2.75) is 26.8 Å². The molecule has 0 spiro atoms. The molecule has 0 fully saturated rings. The number of ketones is 1. The zero-order valence-corrected chi connectivity index (χ0v) is 9.00. The Morgan fingerprint density at radius 3 is 2.79 bits per heavy atom. The van der Waals surface area contributed by atoms with E-state index in [1.807, 2.05) is 45.0 Å². The van der Waals surface area contributed by atoms with Crippen LogP contribution in [0, 0.1) is 6.92 Å². The molecule has 0 unspecified atom stereocenters. The molecule has 0 bridgehead atoms. The molecule has 0 saturated heterocycles. The Morgan fingerprint density at radius 2 is 2.21 bits per heavy atom. The first-order chi connectivity index (χ1) is 6.65. The monoisotopic (exact) mass is 191 g/mol. The van der Waals surface area contributed by atoms with Gasteiger partial charge >= 0.3 is 0 Å². The van der Waals surface area contributed by atoms with Gasteiger partial charge in [-0.05, 0) is 26.5 Å². The molecule has 0 saturated carbocycles. The van der Waals surface area contributed by atoms with Crippen LogP contribution in [0.4, 0.5) is 0 Å². The van der Waals surface area contributed by atoms with E-state index in [1.54, 1.807) is 0 Å². The van der Waals surface area contributed by atoms with Crippen LogP contribution in [0.1, 0.15) is 29.8 Å². The Hall–Kier alpha value is -1.15. The predicted octanol–water partition coefficient (Wildman–Crippen LogP) is 2.18. The summed E-state index contributed by atoms with van der Waals surface area (Å²) in [4.78, 5) is 11.8. The van der Waals surface area contributed by atoms with Crippen LogP contribution >= 0.6 is 0 Å². The van der Waals surface area contributed by atoms with E-state index in [9.17, 15) is 4.79 Å². The number of nitrogens with one attached hydrogen (secondary N) is 1. The number of rotatable bonds is 4. The molecular weight excluding hydrogens is 174 g/mol. The second kappa shape index (κ2) is 4.91. The number of likely N-dealkylation sites (N-methyl/N-ethyl adjacent to an activating group) is 1. The van der Waals surface area contributed by atoms with E-state index in [4.69, 9.17) is 0 Å². The molecule has 0 aliphatic heterocycles. The highest BCUT2D eigenvalue weighted by atomic mass is 16.1. The van der Waals surface area contributed by atoms with E-state index in [0.29, 0.717) is 0 Å². The lowest BCUT2D eigenvalue weighted by Gasteiger charge is -2.11. The van der Waals surface area contributed by atoms with Crippen molar-refractivity contribution in [2.24, 2.45) is 0 Å². The van der Waals surface area contributed by atoms with Crippen LogP contribution in [-0.2, 0) is 0 Å². The number of hydrogen-bond acceptors (Lipinski definition) is 2. The number of Topliss-reactive ketones (excluding diaryl/α,β-unsaturated/α-hetero) is 1. The molecule has 0 aliphatic carbocycles. The van der Waals surface area contributed by atoms with Gasteiger partial charge in [0.25, 0.3) is 0 Å². The predicted molar refractivity (Wildman–Crippen MR) is 58.6 cm³/mol. The minimum absolute atomic E-state index is 0.0956. The maximum atomic E-state index is 11.8. The minimum Gasteiger partial charge on any atom is -0.308 e. The third kappa shape index (κ3) is 2.67. The standard InChI is InChI=1S/C12H17NO/c1-4-13-10(3)12(14)11-7-5-6-9(2)8-11/h5-8,10,13H,4H2,1-3H3/t10-/m0/s1. The van der Waals surface area contributed by atoms with E-state index in [-0.39, 0.29) is 11.8 Å². The quantitative estimate of drug-likeness (QED) is 0.739. The van der Waals surface area contributed by atoms with Crippen molar-refractivity contribution >= 4 is 5.78 Å². The van der Waals surface area contributed by atoms with Crippen molar-refractivity contribution in [3.05, 3.63) is 35.4 Å². The highest BCUT2D eigenvalue weighted by Crippen LogP contribution is 2.06. The number of hydrogen-bond donors (Lipinski definition) is 1. The van der Waals surface area contributed by atoms with Crippen LogP contribution in [0.15, 0.2) is 24.3 Å². The summed E-state index contributed by atoms with van der Waals surface area (Å²) in [5.41, 5.74) is 1.91. The van der Waals surface area contributed by atoms with E-state index >= 15 is 0 Å². The summed E-state index contributed by atoms with van der Waals surface area (Å²) in [6.07, 6.45) is 0. The van der Waals surface area contributed by atoms with Crippen molar-refractivity contribution in [3.63, 3.8) is 0 Å². The van der Waals surface area contributed by atoms with E-state index in [2.05, 4.69) is 5.32 Å². The first-order valence-electron chi connectivity index (χ1n) is 4.99. The average molecular weight is 191 g/mol. The van der Waals surface area contributed by atoms with Gasteiger partial charge in [-0.25, -0.2) is 0 Å². The summed E-state index contributed by atoms with van der Waals surface area (Å²) in [7, 11) is 0.